The number of benzene rings is 2. The van der Waals surface area contributed by atoms with Gasteiger partial charge in [0.05, 0.1) is 10.9 Å². The maximum absolute atomic E-state index is 5.93. The van der Waals surface area contributed by atoms with Gasteiger partial charge in [0.1, 0.15) is 5.75 Å². The van der Waals surface area contributed by atoms with Crippen LogP contribution in [-0.2, 0) is 0 Å². The molecule has 0 aliphatic heterocycles. The number of thioether (sulfide) groups is 1. The van der Waals surface area contributed by atoms with Gasteiger partial charge in [0.25, 0.3) is 0 Å². The van der Waals surface area contributed by atoms with E-state index in [2.05, 4.69) is 15.3 Å². The molecule has 0 aliphatic rings. The fourth-order valence-corrected chi connectivity index (χ4v) is 2.40. The van der Waals surface area contributed by atoms with Crippen LogP contribution in [0.5, 0.6) is 11.6 Å². The summed E-state index contributed by atoms with van der Waals surface area (Å²) >= 11 is 1.70. The molecule has 1 aromatic heterocycles. The van der Waals surface area contributed by atoms with Crippen LogP contribution in [0.3, 0.4) is 0 Å². The highest BCUT2D eigenvalue weighted by Crippen LogP contribution is 2.29. The van der Waals surface area contributed by atoms with E-state index in [4.69, 9.17) is 4.74 Å². The normalized spacial score (nSPS) is 10.6. The molecule has 2 aromatic carbocycles. The first kappa shape index (κ1) is 13.7. The molecule has 0 radical (unpaired) electrons. The first-order valence-electron chi connectivity index (χ1n) is 6.56. The first-order chi connectivity index (χ1) is 10.3. The fourth-order valence-electron chi connectivity index (χ4n) is 1.99. The van der Waals surface area contributed by atoms with Gasteiger partial charge in [-0.15, -0.1) is 11.8 Å². The van der Waals surface area contributed by atoms with Crippen LogP contribution in [0.4, 0.5) is 5.95 Å². The van der Waals surface area contributed by atoms with Crippen molar-refractivity contribution in [1.29, 1.82) is 0 Å². The standard InChI is InChI=1S/C16H15N3OS/c1-17-16-18-14-6-4-3-5-13(14)15(19-16)20-11-7-9-12(21-2)10-8-11/h3-10H,1-2H3,(H,17,18,19). The number of para-hydroxylation sites is 1. The number of ether oxygens (including phenoxy) is 1. The molecular formula is C16H15N3OS. The van der Waals surface area contributed by atoms with Gasteiger partial charge in [0, 0.05) is 11.9 Å². The summed E-state index contributed by atoms with van der Waals surface area (Å²) < 4.78 is 5.93. The third-order valence-corrected chi connectivity index (χ3v) is 3.81. The molecule has 0 fully saturated rings. The van der Waals surface area contributed by atoms with Crippen LogP contribution in [0.1, 0.15) is 0 Å². The Balaban J connectivity index is 2.01. The molecule has 21 heavy (non-hydrogen) atoms. The van der Waals surface area contributed by atoms with Gasteiger partial charge in [-0.3, -0.25) is 0 Å². The fraction of sp³-hybridized carbons (Fsp3) is 0.125. The molecular weight excluding hydrogens is 282 g/mol. The van der Waals surface area contributed by atoms with Crippen LogP contribution in [-0.4, -0.2) is 23.3 Å². The number of anilines is 1. The smallest absolute Gasteiger partial charge is 0.231 e. The summed E-state index contributed by atoms with van der Waals surface area (Å²) in [6.45, 7) is 0. The Kier molecular flexibility index (Phi) is 3.92. The third-order valence-electron chi connectivity index (χ3n) is 3.07. The van der Waals surface area contributed by atoms with Crippen molar-refractivity contribution in [3.8, 4) is 11.6 Å². The Labute approximate surface area is 127 Å². The Hall–Kier alpha value is -2.27. The lowest BCUT2D eigenvalue weighted by atomic mass is 10.2. The summed E-state index contributed by atoms with van der Waals surface area (Å²) in [5.74, 6) is 1.87. The van der Waals surface area contributed by atoms with E-state index < -0.39 is 0 Å². The average Bonchev–Trinajstić information content (AvgIpc) is 2.55. The molecule has 0 atom stereocenters. The Morgan fingerprint density at radius 3 is 2.48 bits per heavy atom. The zero-order valence-corrected chi connectivity index (χ0v) is 12.6. The number of hydrogen-bond acceptors (Lipinski definition) is 5. The lowest BCUT2D eigenvalue weighted by Crippen LogP contribution is -1.99. The molecule has 3 aromatic rings. The first-order valence-corrected chi connectivity index (χ1v) is 7.79. The highest BCUT2D eigenvalue weighted by molar-refractivity contribution is 7.98. The Morgan fingerprint density at radius 1 is 1.00 bits per heavy atom. The van der Waals surface area contributed by atoms with Crippen LogP contribution in [0.25, 0.3) is 10.9 Å². The summed E-state index contributed by atoms with van der Waals surface area (Å²) in [6.07, 6.45) is 2.05. The van der Waals surface area contributed by atoms with E-state index >= 15 is 0 Å². The van der Waals surface area contributed by atoms with E-state index in [1.54, 1.807) is 18.8 Å². The molecule has 0 unspecified atom stereocenters. The molecule has 0 saturated heterocycles. The van der Waals surface area contributed by atoms with E-state index in [0.717, 1.165) is 16.7 Å². The zero-order valence-electron chi connectivity index (χ0n) is 11.8. The molecule has 0 bridgehead atoms. The van der Waals surface area contributed by atoms with Crippen molar-refractivity contribution in [3.63, 3.8) is 0 Å². The van der Waals surface area contributed by atoms with E-state index in [0.29, 0.717) is 11.8 Å². The van der Waals surface area contributed by atoms with E-state index in [1.807, 2.05) is 54.8 Å². The number of rotatable bonds is 4. The lowest BCUT2D eigenvalue weighted by Gasteiger charge is -2.10. The molecule has 0 saturated carbocycles. The number of fused-ring (bicyclic) bond motifs is 1. The number of aromatic nitrogens is 2. The summed E-state index contributed by atoms with van der Waals surface area (Å²) in [5.41, 5.74) is 0.854. The minimum absolute atomic E-state index is 0.546. The molecule has 0 amide bonds. The van der Waals surface area contributed by atoms with Crippen molar-refractivity contribution in [2.45, 2.75) is 4.90 Å². The Bertz CT molecular complexity index is 759. The van der Waals surface area contributed by atoms with Gasteiger partial charge in [0.15, 0.2) is 0 Å². The van der Waals surface area contributed by atoms with Gasteiger partial charge in [-0.05, 0) is 42.7 Å². The topological polar surface area (TPSA) is 47.0 Å². The van der Waals surface area contributed by atoms with Crippen molar-refractivity contribution in [3.05, 3.63) is 48.5 Å². The minimum Gasteiger partial charge on any atom is -0.438 e. The summed E-state index contributed by atoms with van der Waals surface area (Å²) in [5, 5.41) is 3.85. The van der Waals surface area contributed by atoms with Crippen LogP contribution in [0, 0.1) is 0 Å². The molecule has 1 heterocycles. The molecule has 3 rings (SSSR count). The second kappa shape index (κ2) is 6.01. The van der Waals surface area contributed by atoms with E-state index in [1.165, 1.54) is 4.90 Å². The maximum Gasteiger partial charge on any atom is 0.231 e. The van der Waals surface area contributed by atoms with Crippen molar-refractivity contribution >= 4 is 28.6 Å². The zero-order chi connectivity index (χ0) is 14.7. The summed E-state index contributed by atoms with van der Waals surface area (Å²) in [7, 11) is 1.79. The van der Waals surface area contributed by atoms with E-state index in [-0.39, 0.29) is 0 Å². The molecule has 4 nitrogen and oxygen atoms in total. The highest BCUT2D eigenvalue weighted by atomic mass is 32.2. The number of nitrogens with zero attached hydrogens (tertiary/aromatic N) is 2. The number of nitrogens with one attached hydrogen (secondary N) is 1. The van der Waals surface area contributed by atoms with E-state index in [9.17, 15) is 0 Å². The van der Waals surface area contributed by atoms with Gasteiger partial charge >= 0.3 is 0 Å². The van der Waals surface area contributed by atoms with Crippen LogP contribution in [0.2, 0.25) is 0 Å². The number of hydrogen-bond donors (Lipinski definition) is 1. The van der Waals surface area contributed by atoms with Crippen molar-refractivity contribution < 1.29 is 4.74 Å². The van der Waals surface area contributed by atoms with Gasteiger partial charge in [-0.2, -0.15) is 4.98 Å². The average molecular weight is 297 g/mol. The van der Waals surface area contributed by atoms with Gasteiger partial charge in [0.2, 0.25) is 11.8 Å². The van der Waals surface area contributed by atoms with Gasteiger partial charge in [-0.1, -0.05) is 12.1 Å². The lowest BCUT2D eigenvalue weighted by molar-refractivity contribution is 0.468. The predicted octanol–water partition coefficient (Wildman–Crippen LogP) is 4.19. The summed E-state index contributed by atoms with van der Waals surface area (Å²) in [4.78, 5) is 10.0. The van der Waals surface area contributed by atoms with Crippen LogP contribution >= 0.6 is 11.8 Å². The molecule has 1 N–H and O–H groups in total. The Morgan fingerprint density at radius 2 is 1.76 bits per heavy atom. The van der Waals surface area contributed by atoms with Crippen LogP contribution in [0.15, 0.2) is 53.4 Å². The van der Waals surface area contributed by atoms with Crippen molar-refractivity contribution in [1.82, 2.24) is 9.97 Å². The highest BCUT2D eigenvalue weighted by Gasteiger charge is 2.08. The second-order valence-electron chi connectivity index (χ2n) is 4.40. The van der Waals surface area contributed by atoms with Crippen LogP contribution < -0.4 is 10.1 Å². The molecule has 106 valence electrons. The molecule has 0 aliphatic carbocycles. The third kappa shape index (κ3) is 2.92. The largest absolute Gasteiger partial charge is 0.438 e. The maximum atomic E-state index is 5.93. The van der Waals surface area contributed by atoms with Crippen molar-refractivity contribution in [2.24, 2.45) is 0 Å². The molecule has 5 heteroatoms. The van der Waals surface area contributed by atoms with Gasteiger partial charge < -0.3 is 10.1 Å². The summed E-state index contributed by atoms with van der Waals surface area (Å²) in [6, 6.07) is 15.8. The predicted molar refractivity (Wildman–Crippen MR) is 87.4 cm³/mol. The molecule has 0 spiro atoms. The SMILES string of the molecule is CNc1nc(Oc2ccc(SC)cc2)c2ccccc2n1. The van der Waals surface area contributed by atoms with Gasteiger partial charge in [-0.25, -0.2) is 4.98 Å². The minimum atomic E-state index is 0.546. The van der Waals surface area contributed by atoms with Crippen molar-refractivity contribution in [2.75, 3.05) is 18.6 Å². The second-order valence-corrected chi connectivity index (χ2v) is 5.28. The quantitative estimate of drug-likeness (QED) is 0.732. The monoisotopic (exact) mass is 297 g/mol.